The monoisotopic (exact) mass is 508 g/mol. The summed E-state index contributed by atoms with van der Waals surface area (Å²) in [5.41, 5.74) is 1.56. The number of ketones is 5. The van der Waals surface area contributed by atoms with Crippen molar-refractivity contribution >= 4 is 28.9 Å². The zero-order valence-electron chi connectivity index (χ0n) is 21.7. The Hall–Kier alpha value is -4.19. The summed E-state index contributed by atoms with van der Waals surface area (Å²) in [5.74, 6) is -4.65. The molecule has 6 heteroatoms. The molecule has 0 saturated heterocycles. The summed E-state index contributed by atoms with van der Waals surface area (Å²) < 4.78 is 5.34. The van der Waals surface area contributed by atoms with Crippen molar-refractivity contribution in [1.82, 2.24) is 0 Å². The van der Waals surface area contributed by atoms with Gasteiger partial charge in [-0.3, -0.25) is 24.0 Å². The fourth-order valence-electron chi connectivity index (χ4n) is 6.31. The number of rotatable bonds is 6. The van der Waals surface area contributed by atoms with Gasteiger partial charge in [0.05, 0.1) is 18.6 Å². The SMILES string of the molecule is CC[C@H](C(=O)[C@@H]1C(=O)c2c(ccc3c2C(=O)c2cccc(OC)c2C3=O)[C@H](C(C)=O)[C@@H]1C)c1ccccc1. The minimum atomic E-state index is -1.12. The van der Waals surface area contributed by atoms with Crippen molar-refractivity contribution in [1.29, 1.82) is 0 Å². The standard InChI is InChI=1S/C32H28O6/c1-5-19(18-10-7-6-8-11-18)29(34)25-16(2)24(17(3)33)20-14-15-22-28(27(20)32(25)37)31(36)21-12-9-13-23(38-4)26(21)30(22)35/h6-16,19,24-25H,5H2,1-4H3/t16-,19-,24-,25+/m0/s1. The van der Waals surface area contributed by atoms with Crippen molar-refractivity contribution in [3.8, 4) is 5.75 Å². The van der Waals surface area contributed by atoms with Crippen LogP contribution in [-0.2, 0) is 9.59 Å². The van der Waals surface area contributed by atoms with Crippen LogP contribution in [0.3, 0.4) is 0 Å². The van der Waals surface area contributed by atoms with Gasteiger partial charge in [0.2, 0.25) is 0 Å². The molecule has 0 aromatic heterocycles. The Morgan fingerprint density at radius 1 is 0.816 bits per heavy atom. The smallest absolute Gasteiger partial charge is 0.198 e. The predicted molar refractivity (Wildman–Crippen MR) is 141 cm³/mol. The molecule has 0 N–H and O–H groups in total. The van der Waals surface area contributed by atoms with Crippen LogP contribution in [0.5, 0.6) is 5.75 Å². The van der Waals surface area contributed by atoms with Gasteiger partial charge >= 0.3 is 0 Å². The molecule has 192 valence electrons. The van der Waals surface area contributed by atoms with E-state index in [1.165, 1.54) is 26.2 Å². The van der Waals surface area contributed by atoms with E-state index in [1.807, 2.05) is 37.3 Å². The minimum absolute atomic E-state index is 0.0221. The lowest BCUT2D eigenvalue weighted by atomic mass is 9.62. The van der Waals surface area contributed by atoms with Crippen LogP contribution in [-0.4, -0.2) is 36.0 Å². The molecule has 0 saturated carbocycles. The minimum Gasteiger partial charge on any atom is -0.496 e. The molecule has 0 spiro atoms. The van der Waals surface area contributed by atoms with E-state index < -0.39 is 41.0 Å². The summed E-state index contributed by atoms with van der Waals surface area (Å²) in [6.45, 7) is 5.07. The van der Waals surface area contributed by atoms with Gasteiger partial charge < -0.3 is 4.74 Å². The van der Waals surface area contributed by atoms with Crippen LogP contribution < -0.4 is 4.74 Å². The van der Waals surface area contributed by atoms with Crippen LogP contribution in [0.25, 0.3) is 0 Å². The zero-order valence-corrected chi connectivity index (χ0v) is 21.7. The molecule has 0 radical (unpaired) electrons. The molecule has 38 heavy (non-hydrogen) atoms. The first kappa shape index (κ1) is 25.5. The molecule has 0 bridgehead atoms. The second kappa shape index (κ2) is 9.60. The van der Waals surface area contributed by atoms with Gasteiger partial charge in [0.1, 0.15) is 11.5 Å². The van der Waals surface area contributed by atoms with Crippen LogP contribution in [0.4, 0.5) is 0 Å². The molecule has 0 amide bonds. The topological polar surface area (TPSA) is 94.6 Å². The summed E-state index contributed by atoms with van der Waals surface area (Å²) in [5, 5.41) is 0. The van der Waals surface area contributed by atoms with E-state index in [4.69, 9.17) is 4.74 Å². The lowest BCUT2D eigenvalue weighted by Crippen LogP contribution is -2.43. The van der Waals surface area contributed by atoms with Gasteiger partial charge in [0.25, 0.3) is 0 Å². The summed E-state index contributed by atoms with van der Waals surface area (Å²) in [4.78, 5) is 68.7. The molecule has 5 rings (SSSR count). The third-order valence-corrected chi connectivity index (χ3v) is 8.04. The molecule has 3 aromatic carbocycles. The van der Waals surface area contributed by atoms with Gasteiger partial charge in [-0.1, -0.05) is 62.4 Å². The Morgan fingerprint density at radius 2 is 1.47 bits per heavy atom. The summed E-state index contributed by atoms with van der Waals surface area (Å²) in [6, 6.07) is 17.1. The highest BCUT2D eigenvalue weighted by Gasteiger charge is 2.49. The molecule has 2 aliphatic carbocycles. The Labute approximate surface area is 221 Å². The molecular formula is C32H28O6. The normalized spacial score (nSPS) is 20.7. The average Bonchev–Trinajstić information content (AvgIpc) is 2.91. The number of Topliss-reactive ketones (excluding diaryl/α,β-unsaturated/α-hetero) is 3. The molecule has 0 heterocycles. The third-order valence-electron chi connectivity index (χ3n) is 8.04. The molecule has 0 aliphatic heterocycles. The van der Waals surface area contributed by atoms with Gasteiger partial charge in [-0.25, -0.2) is 0 Å². The van der Waals surface area contributed by atoms with E-state index >= 15 is 0 Å². The van der Waals surface area contributed by atoms with Crippen LogP contribution in [0, 0.1) is 11.8 Å². The van der Waals surface area contributed by atoms with Gasteiger partial charge in [0.15, 0.2) is 23.1 Å². The first-order valence-electron chi connectivity index (χ1n) is 12.8. The van der Waals surface area contributed by atoms with E-state index in [0.29, 0.717) is 12.0 Å². The van der Waals surface area contributed by atoms with Crippen molar-refractivity contribution in [3.63, 3.8) is 0 Å². The number of benzene rings is 3. The highest BCUT2D eigenvalue weighted by atomic mass is 16.5. The van der Waals surface area contributed by atoms with Crippen LogP contribution in [0.2, 0.25) is 0 Å². The van der Waals surface area contributed by atoms with E-state index in [-0.39, 0.29) is 45.1 Å². The third kappa shape index (κ3) is 3.66. The summed E-state index contributed by atoms with van der Waals surface area (Å²) in [6.07, 6.45) is 0.481. The number of ether oxygens (including phenoxy) is 1. The first-order valence-corrected chi connectivity index (χ1v) is 12.8. The summed E-state index contributed by atoms with van der Waals surface area (Å²) >= 11 is 0. The number of hydrogen-bond acceptors (Lipinski definition) is 6. The predicted octanol–water partition coefficient (Wildman–Crippen LogP) is 5.35. The summed E-state index contributed by atoms with van der Waals surface area (Å²) in [7, 11) is 1.42. The highest BCUT2D eigenvalue weighted by Crippen LogP contribution is 2.46. The van der Waals surface area contributed by atoms with E-state index in [0.717, 1.165) is 5.56 Å². The second-order valence-electron chi connectivity index (χ2n) is 10.1. The number of hydrogen-bond donors (Lipinski definition) is 0. The van der Waals surface area contributed by atoms with Gasteiger partial charge in [-0.05, 0) is 42.5 Å². The van der Waals surface area contributed by atoms with Crippen molar-refractivity contribution in [3.05, 3.63) is 99.6 Å². The molecule has 4 atom stereocenters. The second-order valence-corrected chi connectivity index (χ2v) is 10.1. The van der Waals surface area contributed by atoms with Crippen molar-refractivity contribution in [2.45, 2.75) is 39.0 Å². The number of carbonyl (C=O) groups excluding carboxylic acids is 5. The Balaban J connectivity index is 1.71. The number of carbonyl (C=O) groups is 5. The van der Waals surface area contributed by atoms with Gasteiger partial charge in [-0.15, -0.1) is 0 Å². The molecule has 0 fully saturated rings. The maximum Gasteiger partial charge on any atom is 0.198 e. The van der Waals surface area contributed by atoms with Crippen LogP contribution in [0.15, 0.2) is 60.7 Å². The molecule has 6 nitrogen and oxygen atoms in total. The lowest BCUT2D eigenvalue weighted by molar-refractivity contribution is -0.126. The van der Waals surface area contributed by atoms with Crippen LogP contribution in [0.1, 0.15) is 92.4 Å². The van der Waals surface area contributed by atoms with Crippen molar-refractivity contribution < 1.29 is 28.7 Å². The number of fused-ring (bicyclic) bond motifs is 4. The Bertz CT molecular complexity index is 1520. The fourth-order valence-corrected chi connectivity index (χ4v) is 6.31. The van der Waals surface area contributed by atoms with Gasteiger partial charge in [-0.2, -0.15) is 0 Å². The zero-order chi connectivity index (χ0) is 27.3. The first-order chi connectivity index (χ1) is 18.2. The van der Waals surface area contributed by atoms with E-state index in [1.54, 1.807) is 25.1 Å². The Morgan fingerprint density at radius 3 is 2.11 bits per heavy atom. The quantitative estimate of drug-likeness (QED) is 0.326. The number of methoxy groups -OCH3 is 1. The highest BCUT2D eigenvalue weighted by molar-refractivity contribution is 6.33. The average molecular weight is 509 g/mol. The molecule has 0 unspecified atom stereocenters. The molecular weight excluding hydrogens is 480 g/mol. The Kier molecular flexibility index (Phi) is 6.43. The maximum atomic E-state index is 14.2. The van der Waals surface area contributed by atoms with Gasteiger partial charge in [0, 0.05) is 34.1 Å². The van der Waals surface area contributed by atoms with Crippen LogP contribution >= 0.6 is 0 Å². The van der Waals surface area contributed by atoms with Crippen molar-refractivity contribution in [2.24, 2.45) is 11.8 Å². The largest absolute Gasteiger partial charge is 0.496 e. The molecule has 3 aromatic rings. The van der Waals surface area contributed by atoms with Crippen molar-refractivity contribution in [2.75, 3.05) is 7.11 Å². The molecule has 2 aliphatic rings. The van der Waals surface area contributed by atoms with E-state index in [2.05, 4.69) is 0 Å². The van der Waals surface area contributed by atoms with E-state index in [9.17, 15) is 24.0 Å². The fraction of sp³-hybridized carbons (Fsp3) is 0.281. The maximum absolute atomic E-state index is 14.2. The lowest BCUT2D eigenvalue weighted by Gasteiger charge is -2.37.